The summed E-state index contributed by atoms with van der Waals surface area (Å²) >= 11 is 12.0. The molecule has 1 aromatic carbocycles. The Morgan fingerprint density at radius 1 is 1.35 bits per heavy atom. The van der Waals surface area contributed by atoms with Crippen molar-refractivity contribution in [1.82, 2.24) is 9.78 Å². The summed E-state index contributed by atoms with van der Waals surface area (Å²) in [7, 11) is 0. The molecule has 90 valence electrons. The van der Waals surface area contributed by atoms with Crippen molar-refractivity contribution in [3.63, 3.8) is 0 Å². The SMILES string of the molecule is CCn1nccc1C(N)c1ccc(Cl)cc1Cl. The highest BCUT2D eigenvalue weighted by Crippen LogP contribution is 2.28. The molecule has 0 radical (unpaired) electrons. The second-order valence-electron chi connectivity index (χ2n) is 3.72. The number of hydrogen-bond donors (Lipinski definition) is 1. The Morgan fingerprint density at radius 3 is 2.76 bits per heavy atom. The van der Waals surface area contributed by atoms with Gasteiger partial charge in [-0.3, -0.25) is 4.68 Å². The van der Waals surface area contributed by atoms with Crippen LogP contribution < -0.4 is 5.73 Å². The fraction of sp³-hybridized carbons (Fsp3) is 0.250. The fourth-order valence-corrected chi connectivity index (χ4v) is 2.31. The van der Waals surface area contributed by atoms with Gasteiger partial charge in [0.05, 0.1) is 11.7 Å². The van der Waals surface area contributed by atoms with Crippen LogP contribution in [-0.4, -0.2) is 9.78 Å². The lowest BCUT2D eigenvalue weighted by atomic mass is 10.0. The van der Waals surface area contributed by atoms with Crippen molar-refractivity contribution in [2.45, 2.75) is 19.5 Å². The molecule has 0 amide bonds. The van der Waals surface area contributed by atoms with Crippen LogP contribution in [0.2, 0.25) is 10.0 Å². The van der Waals surface area contributed by atoms with Crippen LogP contribution in [0.5, 0.6) is 0 Å². The average molecular weight is 270 g/mol. The molecule has 1 atom stereocenters. The monoisotopic (exact) mass is 269 g/mol. The highest BCUT2D eigenvalue weighted by Gasteiger charge is 2.16. The Morgan fingerprint density at radius 2 is 2.12 bits per heavy atom. The van der Waals surface area contributed by atoms with Crippen molar-refractivity contribution in [2.24, 2.45) is 5.73 Å². The molecule has 1 aromatic heterocycles. The maximum Gasteiger partial charge on any atom is 0.0737 e. The van der Waals surface area contributed by atoms with Crippen molar-refractivity contribution in [2.75, 3.05) is 0 Å². The molecule has 1 unspecified atom stereocenters. The van der Waals surface area contributed by atoms with Gasteiger partial charge in [-0.2, -0.15) is 5.10 Å². The zero-order chi connectivity index (χ0) is 12.4. The van der Waals surface area contributed by atoms with Crippen molar-refractivity contribution in [3.05, 3.63) is 51.8 Å². The number of aromatic nitrogens is 2. The second kappa shape index (κ2) is 5.08. The van der Waals surface area contributed by atoms with Gasteiger partial charge in [-0.15, -0.1) is 0 Å². The molecule has 0 aliphatic rings. The van der Waals surface area contributed by atoms with Crippen LogP contribution in [0.1, 0.15) is 24.2 Å². The van der Waals surface area contributed by atoms with Crippen molar-refractivity contribution >= 4 is 23.2 Å². The van der Waals surface area contributed by atoms with E-state index in [4.69, 9.17) is 28.9 Å². The summed E-state index contributed by atoms with van der Waals surface area (Å²) in [6.07, 6.45) is 1.74. The molecule has 3 nitrogen and oxygen atoms in total. The number of nitrogens with zero attached hydrogens (tertiary/aromatic N) is 2. The number of aryl methyl sites for hydroxylation is 1. The summed E-state index contributed by atoms with van der Waals surface area (Å²) in [6.45, 7) is 2.80. The molecule has 0 bridgehead atoms. The van der Waals surface area contributed by atoms with E-state index in [-0.39, 0.29) is 6.04 Å². The zero-order valence-corrected chi connectivity index (χ0v) is 10.9. The van der Waals surface area contributed by atoms with E-state index in [1.54, 1.807) is 18.3 Å². The zero-order valence-electron chi connectivity index (χ0n) is 9.40. The molecular formula is C12H13Cl2N3. The smallest absolute Gasteiger partial charge is 0.0737 e. The number of rotatable bonds is 3. The van der Waals surface area contributed by atoms with E-state index in [1.165, 1.54) is 0 Å². The van der Waals surface area contributed by atoms with Gasteiger partial charge < -0.3 is 5.73 Å². The summed E-state index contributed by atoms with van der Waals surface area (Å²) < 4.78 is 1.86. The molecule has 5 heteroatoms. The van der Waals surface area contributed by atoms with E-state index in [9.17, 15) is 0 Å². The topological polar surface area (TPSA) is 43.8 Å². The Kier molecular flexibility index (Phi) is 3.72. The number of nitrogens with two attached hydrogens (primary N) is 1. The highest BCUT2D eigenvalue weighted by molar-refractivity contribution is 6.35. The van der Waals surface area contributed by atoms with Crippen LogP contribution >= 0.6 is 23.2 Å². The molecule has 2 N–H and O–H groups in total. The predicted octanol–water partition coefficient (Wildman–Crippen LogP) is 3.26. The van der Waals surface area contributed by atoms with Gasteiger partial charge in [0.1, 0.15) is 0 Å². The first kappa shape index (κ1) is 12.4. The number of benzene rings is 1. The van der Waals surface area contributed by atoms with E-state index in [0.29, 0.717) is 10.0 Å². The predicted molar refractivity (Wildman–Crippen MR) is 70.4 cm³/mol. The standard InChI is InChI=1S/C12H13Cl2N3/c1-2-17-11(5-6-16-17)12(15)9-4-3-8(13)7-10(9)14/h3-7,12H,2,15H2,1H3. The van der Waals surface area contributed by atoms with Crippen molar-refractivity contribution in [1.29, 1.82) is 0 Å². The number of hydrogen-bond acceptors (Lipinski definition) is 2. The van der Waals surface area contributed by atoms with Gasteiger partial charge in [-0.1, -0.05) is 29.3 Å². The summed E-state index contributed by atoms with van der Waals surface area (Å²) in [5, 5.41) is 5.38. The molecule has 2 aromatic rings. The summed E-state index contributed by atoms with van der Waals surface area (Å²) in [4.78, 5) is 0. The molecule has 0 aliphatic heterocycles. The average Bonchev–Trinajstić information content (AvgIpc) is 2.76. The van der Waals surface area contributed by atoms with Gasteiger partial charge in [0.2, 0.25) is 0 Å². The molecule has 1 heterocycles. The Labute approximate surface area is 110 Å². The minimum atomic E-state index is -0.290. The summed E-state index contributed by atoms with van der Waals surface area (Å²) in [5.41, 5.74) is 7.99. The largest absolute Gasteiger partial charge is 0.319 e. The van der Waals surface area contributed by atoms with E-state index in [0.717, 1.165) is 17.8 Å². The summed E-state index contributed by atoms with van der Waals surface area (Å²) in [5.74, 6) is 0. The van der Waals surface area contributed by atoms with E-state index >= 15 is 0 Å². The summed E-state index contributed by atoms with van der Waals surface area (Å²) in [6, 6.07) is 6.95. The second-order valence-corrected chi connectivity index (χ2v) is 4.56. The van der Waals surface area contributed by atoms with E-state index in [2.05, 4.69) is 5.10 Å². The maximum atomic E-state index is 6.20. The van der Waals surface area contributed by atoms with E-state index < -0.39 is 0 Å². The van der Waals surface area contributed by atoms with Crippen LogP contribution in [0.4, 0.5) is 0 Å². The Balaban J connectivity index is 2.40. The van der Waals surface area contributed by atoms with Gasteiger partial charge in [-0.25, -0.2) is 0 Å². The quantitative estimate of drug-likeness (QED) is 0.930. The van der Waals surface area contributed by atoms with Crippen LogP contribution in [0.25, 0.3) is 0 Å². The van der Waals surface area contributed by atoms with Gasteiger partial charge in [-0.05, 0) is 30.7 Å². The van der Waals surface area contributed by atoms with Crippen molar-refractivity contribution < 1.29 is 0 Å². The van der Waals surface area contributed by atoms with Crippen LogP contribution in [-0.2, 0) is 6.54 Å². The van der Waals surface area contributed by atoms with Gasteiger partial charge >= 0.3 is 0 Å². The lowest BCUT2D eigenvalue weighted by molar-refractivity contribution is 0.601. The molecule has 0 spiro atoms. The third-order valence-electron chi connectivity index (χ3n) is 2.67. The molecule has 2 rings (SSSR count). The number of halogens is 2. The lowest BCUT2D eigenvalue weighted by Gasteiger charge is -2.15. The van der Waals surface area contributed by atoms with Crippen molar-refractivity contribution in [3.8, 4) is 0 Å². The minimum Gasteiger partial charge on any atom is -0.319 e. The normalized spacial score (nSPS) is 12.7. The first-order chi connectivity index (χ1) is 8.13. The molecule has 0 fully saturated rings. The third kappa shape index (κ3) is 2.46. The van der Waals surface area contributed by atoms with Crippen LogP contribution in [0.3, 0.4) is 0 Å². The first-order valence-corrected chi connectivity index (χ1v) is 6.11. The third-order valence-corrected chi connectivity index (χ3v) is 3.23. The molecule has 0 saturated carbocycles. The fourth-order valence-electron chi connectivity index (χ4n) is 1.78. The van der Waals surface area contributed by atoms with Gasteiger partial charge in [0, 0.05) is 22.8 Å². The first-order valence-electron chi connectivity index (χ1n) is 5.35. The maximum absolute atomic E-state index is 6.20. The molecule has 0 saturated heterocycles. The van der Waals surface area contributed by atoms with Crippen LogP contribution in [0, 0.1) is 0 Å². The van der Waals surface area contributed by atoms with Gasteiger partial charge in [0.15, 0.2) is 0 Å². The molecule has 17 heavy (non-hydrogen) atoms. The Hall–Kier alpha value is -1.03. The lowest BCUT2D eigenvalue weighted by Crippen LogP contribution is -2.17. The molecule has 0 aliphatic carbocycles. The van der Waals surface area contributed by atoms with Crippen LogP contribution in [0.15, 0.2) is 30.5 Å². The minimum absolute atomic E-state index is 0.290. The highest BCUT2D eigenvalue weighted by atomic mass is 35.5. The Bertz CT molecular complexity index is 522. The van der Waals surface area contributed by atoms with Gasteiger partial charge in [0.25, 0.3) is 0 Å². The molecular weight excluding hydrogens is 257 g/mol. The van der Waals surface area contributed by atoms with E-state index in [1.807, 2.05) is 23.7 Å².